The van der Waals surface area contributed by atoms with Crippen LogP contribution in [0.4, 0.5) is 0 Å². The van der Waals surface area contributed by atoms with E-state index in [0.29, 0.717) is 0 Å². The van der Waals surface area contributed by atoms with Crippen molar-refractivity contribution >= 4 is 5.91 Å². The van der Waals surface area contributed by atoms with Crippen molar-refractivity contribution in [1.29, 1.82) is 0 Å². The Hall–Kier alpha value is -0.610. The third-order valence-corrected chi connectivity index (χ3v) is 1.95. The molecule has 0 aliphatic rings. The first-order valence-electron chi connectivity index (χ1n) is 5.70. The molecule has 1 amide bonds. The molecule has 0 fully saturated rings. The van der Waals surface area contributed by atoms with E-state index in [2.05, 4.69) is 10.2 Å². The Morgan fingerprint density at radius 2 is 1.87 bits per heavy atom. The number of nitrogens with one attached hydrogen (secondary N) is 1. The summed E-state index contributed by atoms with van der Waals surface area (Å²) in [4.78, 5) is 13.1. The highest BCUT2D eigenvalue weighted by Gasteiger charge is 2.09. The Kier molecular flexibility index (Phi) is 12.8. The third-order valence-electron chi connectivity index (χ3n) is 1.95. The van der Waals surface area contributed by atoms with Gasteiger partial charge in [-0.25, -0.2) is 0 Å². The Morgan fingerprint density at radius 1 is 1.33 bits per heavy atom. The van der Waals surface area contributed by atoms with Gasteiger partial charge in [-0.05, 0) is 33.5 Å². The fourth-order valence-electron chi connectivity index (χ4n) is 1.11. The lowest BCUT2D eigenvalue weighted by Gasteiger charge is -2.11. The Morgan fingerprint density at radius 3 is 2.27 bits per heavy atom. The molecule has 0 aliphatic carbocycles. The zero-order valence-corrected chi connectivity index (χ0v) is 10.8. The van der Waals surface area contributed by atoms with Gasteiger partial charge in [0.2, 0.25) is 5.91 Å². The van der Waals surface area contributed by atoms with Gasteiger partial charge in [0.25, 0.3) is 0 Å². The van der Waals surface area contributed by atoms with Gasteiger partial charge in [-0.15, -0.1) is 0 Å². The van der Waals surface area contributed by atoms with Gasteiger partial charge in [-0.2, -0.15) is 0 Å². The number of amides is 1. The van der Waals surface area contributed by atoms with Crippen LogP contribution in [-0.2, 0) is 4.79 Å². The second-order valence-electron chi connectivity index (χ2n) is 3.52. The normalized spacial score (nSPS) is 11.7. The molecule has 0 saturated heterocycles. The zero-order chi connectivity index (χ0) is 12.3. The fraction of sp³-hybridized carbons (Fsp3) is 0.909. The van der Waals surface area contributed by atoms with Crippen LogP contribution in [0.15, 0.2) is 0 Å². The standard InChI is InChI=1S/C9H21N3O.C2H6/c1-11-9(13)8(10)6-4-5-7-12(2)3;1-2/h8H,4-7,10H2,1-3H3,(H,11,13);1-2H3. The van der Waals surface area contributed by atoms with Gasteiger partial charge in [0.05, 0.1) is 6.04 Å². The van der Waals surface area contributed by atoms with Crippen molar-refractivity contribution in [2.75, 3.05) is 27.7 Å². The van der Waals surface area contributed by atoms with E-state index in [1.165, 1.54) is 0 Å². The summed E-state index contributed by atoms with van der Waals surface area (Å²) in [6, 6.07) is -0.341. The molecule has 4 nitrogen and oxygen atoms in total. The predicted octanol–water partition coefficient (Wildman–Crippen LogP) is 0.818. The molecule has 0 rings (SSSR count). The topological polar surface area (TPSA) is 58.4 Å². The van der Waals surface area contributed by atoms with Gasteiger partial charge in [0.15, 0.2) is 0 Å². The second kappa shape index (κ2) is 11.5. The van der Waals surface area contributed by atoms with Crippen LogP contribution < -0.4 is 11.1 Å². The zero-order valence-electron chi connectivity index (χ0n) is 10.8. The molecular formula is C11H27N3O. The first-order valence-corrected chi connectivity index (χ1v) is 5.70. The maximum Gasteiger partial charge on any atom is 0.236 e. The minimum absolute atomic E-state index is 0.0650. The van der Waals surface area contributed by atoms with Gasteiger partial charge in [-0.3, -0.25) is 4.79 Å². The van der Waals surface area contributed by atoms with Crippen molar-refractivity contribution in [2.45, 2.75) is 39.2 Å². The molecule has 0 spiro atoms. The lowest BCUT2D eigenvalue weighted by molar-refractivity contribution is -0.122. The van der Waals surface area contributed by atoms with Crippen molar-refractivity contribution < 1.29 is 4.79 Å². The Balaban J connectivity index is 0. The van der Waals surface area contributed by atoms with Gasteiger partial charge < -0.3 is 16.0 Å². The highest BCUT2D eigenvalue weighted by Crippen LogP contribution is 1.99. The monoisotopic (exact) mass is 217 g/mol. The van der Waals surface area contributed by atoms with Crippen molar-refractivity contribution in [3.8, 4) is 0 Å². The van der Waals surface area contributed by atoms with Crippen LogP contribution in [0.25, 0.3) is 0 Å². The number of nitrogens with zero attached hydrogens (tertiary/aromatic N) is 1. The number of hydrogen-bond acceptors (Lipinski definition) is 3. The molecule has 1 unspecified atom stereocenters. The minimum Gasteiger partial charge on any atom is -0.358 e. The van der Waals surface area contributed by atoms with Gasteiger partial charge >= 0.3 is 0 Å². The first kappa shape index (κ1) is 16.8. The SMILES string of the molecule is CC.CNC(=O)C(N)CCCCN(C)C. The predicted molar refractivity (Wildman–Crippen MR) is 65.8 cm³/mol. The molecule has 3 N–H and O–H groups in total. The van der Waals surface area contributed by atoms with E-state index in [9.17, 15) is 4.79 Å². The van der Waals surface area contributed by atoms with Crippen LogP contribution in [0.5, 0.6) is 0 Å². The van der Waals surface area contributed by atoms with Crippen molar-refractivity contribution in [3.05, 3.63) is 0 Å². The van der Waals surface area contributed by atoms with Crippen LogP contribution in [0.1, 0.15) is 33.1 Å². The first-order chi connectivity index (χ1) is 7.07. The van der Waals surface area contributed by atoms with Crippen molar-refractivity contribution in [2.24, 2.45) is 5.73 Å². The van der Waals surface area contributed by atoms with Gasteiger partial charge in [0, 0.05) is 7.05 Å². The summed E-state index contributed by atoms with van der Waals surface area (Å²) in [5.74, 6) is -0.0650. The number of hydrogen-bond donors (Lipinski definition) is 2. The number of unbranched alkanes of at least 4 members (excludes halogenated alkanes) is 1. The molecule has 15 heavy (non-hydrogen) atoms. The molecule has 1 atom stereocenters. The molecule has 4 heteroatoms. The quantitative estimate of drug-likeness (QED) is 0.648. The highest BCUT2D eigenvalue weighted by molar-refractivity contribution is 5.81. The summed E-state index contributed by atoms with van der Waals surface area (Å²) in [7, 11) is 5.69. The van der Waals surface area contributed by atoms with Crippen LogP contribution in [0.3, 0.4) is 0 Å². The van der Waals surface area contributed by atoms with Crippen LogP contribution in [0, 0.1) is 0 Å². The number of carbonyl (C=O) groups is 1. The summed E-state index contributed by atoms with van der Waals surface area (Å²) >= 11 is 0. The number of carbonyl (C=O) groups excluding carboxylic acids is 1. The van der Waals surface area contributed by atoms with Gasteiger partial charge in [0.1, 0.15) is 0 Å². The average Bonchev–Trinajstić information content (AvgIpc) is 2.25. The lowest BCUT2D eigenvalue weighted by Crippen LogP contribution is -2.38. The molecule has 0 aromatic heterocycles. The van der Waals surface area contributed by atoms with E-state index in [1.54, 1.807) is 7.05 Å². The van der Waals surface area contributed by atoms with Crippen molar-refractivity contribution in [1.82, 2.24) is 10.2 Å². The molecule has 0 aromatic rings. The molecule has 0 aliphatic heterocycles. The fourth-order valence-corrected chi connectivity index (χ4v) is 1.11. The number of rotatable bonds is 6. The molecule has 0 saturated carbocycles. The molecule has 0 heterocycles. The second-order valence-corrected chi connectivity index (χ2v) is 3.52. The Labute approximate surface area is 94.2 Å². The summed E-state index contributed by atoms with van der Waals surface area (Å²) in [5, 5.41) is 2.54. The van der Waals surface area contributed by atoms with E-state index in [-0.39, 0.29) is 11.9 Å². The summed E-state index contributed by atoms with van der Waals surface area (Å²) < 4.78 is 0. The van der Waals surface area contributed by atoms with E-state index in [4.69, 9.17) is 5.73 Å². The number of likely N-dealkylation sites (N-methyl/N-ethyl adjacent to an activating group) is 1. The smallest absolute Gasteiger partial charge is 0.236 e. The molecular weight excluding hydrogens is 190 g/mol. The van der Waals surface area contributed by atoms with E-state index in [1.807, 2.05) is 27.9 Å². The van der Waals surface area contributed by atoms with E-state index >= 15 is 0 Å². The van der Waals surface area contributed by atoms with E-state index < -0.39 is 0 Å². The third kappa shape index (κ3) is 11.3. The summed E-state index contributed by atoms with van der Waals surface area (Å²) in [6.07, 6.45) is 2.87. The summed E-state index contributed by atoms with van der Waals surface area (Å²) in [5.41, 5.74) is 5.62. The lowest BCUT2D eigenvalue weighted by atomic mass is 10.1. The summed E-state index contributed by atoms with van der Waals surface area (Å²) in [6.45, 7) is 5.06. The van der Waals surface area contributed by atoms with Crippen LogP contribution in [-0.4, -0.2) is 44.5 Å². The Bertz CT molecular complexity index is 149. The average molecular weight is 217 g/mol. The maximum atomic E-state index is 11.0. The highest BCUT2D eigenvalue weighted by atomic mass is 16.2. The van der Waals surface area contributed by atoms with Crippen LogP contribution in [0.2, 0.25) is 0 Å². The van der Waals surface area contributed by atoms with E-state index in [0.717, 1.165) is 25.8 Å². The number of nitrogens with two attached hydrogens (primary N) is 1. The maximum absolute atomic E-state index is 11.0. The molecule has 92 valence electrons. The molecule has 0 radical (unpaired) electrons. The minimum atomic E-state index is -0.341. The van der Waals surface area contributed by atoms with Crippen LogP contribution >= 0.6 is 0 Å². The molecule has 0 aromatic carbocycles. The molecule has 0 bridgehead atoms. The van der Waals surface area contributed by atoms with Gasteiger partial charge in [-0.1, -0.05) is 20.3 Å². The van der Waals surface area contributed by atoms with Crippen molar-refractivity contribution in [3.63, 3.8) is 0 Å². The largest absolute Gasteiger partial charge is 0.358 e.